The van der Waals surface area contributed by atoms with Crippen molar-refractivity contribution in [2.24, 2.45) is 0 Å². The van der Waals surface area contributed by atoms with Gasteiger partial charge in [-0.1, -0.05) is 6.07 Å². The number of aryl methyl sites for hydroxylation is 1. The molecule has 0 aliphatic heterocycles. The number of hydrogen-bond donors (Lipinski definition) is 1. The zero-order valence-electron chi connectivity index (χ0n) is 9.82. The first-order valence-corrected chi connectivity index (χ1v) is 6.54. The van der Waals surface area contributed by atoms with Crippen molar-refractivity contribution >= 4 is 11.3 Å². The topological polar surface area (TPSA) is 29.9 Å². The Morgan fingerprint density at radius 2 is 2.41 bits per heavy atom. The quantitative estimate of drug-likeness (QED) is 0.856. The third-order valence-corrected chi connectivity index (χ3v) is 3.43. The second kappa shape index (κ2) is 5.93. The molecule has 0 radical (unpaired) electrons. The zero-order valence-corrected chi connectivity index (χ0v) is 10.6. The number of aromatic nitrogens is 2. The number of nitrogens with one attached hydrogen (secondary N) is 1. The van der Waals surface area contributed by atoms with E-state index >= 15 is 0 Å². The van der Waals surface area contributed by atoms with Crippen molar-refractivity contribution in [2.45, 2.75) is 13.0 Å². The summed E-state index contributed by atoms with van der Waals surface area (Å²) in [5.74, 6) is 0. The number of halogens is 1. The van der Waals surface area contributed by atoms with E-state index in [4.69, 9.17) is 0 Å². The van der Waals surface area contributed by atoms with E-state index in [1.807, 2.05) is 24.7 Å². The van der Waals surface area contributed by atoms with Crippen LogP contribution >= 0.6 is 11.3 Å². The van der Waals surface area contributed by atoms with E-state index in [1.165, 1.54) is 5.56 Å². The largest absolute Gasteiger partial charge is 0.319 e. The molecule has 92 valence electrons. The molecule has 2 aromatic rings. The first-order valence-electron chi connectivity index (χ1n) is 5.66. The Kier molecular flexibility index (Phi) is 4.28. The molecule has 17 heavy (non-hydrogen) atoms. The molecule has 0 unspecified atom stereocenters. The van der Waals surface area contributed by atoms with Gasteiger partial charge in [0.15, 0.2) is 0 Å². The summed E-state index contributed by atoms with van der Waals surface area (Å²) in [6, 6.07) is 4.06. The van der Waals surface area contributed by atoms with Crippen molar-refractivity contribution < 1.29 is 4.39 Å². The highest BCUT2D eigenvalue weighted by Gasteiger charge is 2.11. The third-order valence-electron chi connectivity index (χ3n) is 2.55. The van der Waals surface area contributed by atoms with Crippen LogP contribution in [0.5, 0.6) is 0 Å². The number of likely N-dealkylation sites (N-methyl/N-ethyl adjacent to an activating group) is 1. The van der Waals surface area contributed by atoms with Crippen molar-refractivity contribution in [3.63, 3.8) is 0 Å². The highest BCUT2D eigenvalue weighted by atomic mass is 32.1. The molecule has 2 aromatic heterocycles. The molecular formula is C12H16FN3S. The first kappa shape index (κ1) is 12.3. The SMILES string of the molecule is CNCCc1cn(CCF)nc1-c1cccs1. The molecule has 3 nitrogen and oxygen atoms in total. The summed E-state index contributed by atoms with van der Waals surface area (Å²) >= 11 is 1.67. The fraction of sp³-hybridized carbons (Fsp3) is 0.417. The number of thiophene rings is 1. The van der Waals surface area contributed by atoms with Crippen LogP contribution in [0.3, 0.4) is 0 Å². The Morgan fingerprint density at radius 1 is 1.53 bits per heavy atom. The molecule has 2 heterocycles. The standard InChI is InChI=1S/C12H16FN3S/c1-14-6-4-10-9-16(7-5-13)15-12(10)11-3-2-8-17-11/h2-3,8-9,14H,4-7H2,1H3. The summed E-state index contributed by atoms with van der Waals surface area (Å²) < 4.78 is 14.0. The highest BCUT2D eigenvalue weighted by molar-refractivity contribution is 7.13. The van der Waals surface area contributed by atoms with E-state index in [1.54, 1.807) is 16.0 Å². The Morgan fingerprint density at radius 3 is 3.06 bits per heavy atom. The molecule has 0 bridgehead atoms. The monoisotopic (exact) mass is 253 g/mol. The van der Waals surface area contributed by atoms with E-state index in [0.717, 1.165) is 23.5 Å². The summed E-state index contributed by atoms with van der Waals surface area (Å²) in [6.45, 7) is 0.856. The van der Waals surface area contributed by atoms with Gasteiger partial charge in [-0.2, -0.15) is 5.10 Å². The van der Waals surface area contributed by atoms with E-state index in [0.29, 0.717) is 6.54 Å². The number of nitrogens with zero attached hydrogens (tertiary/aromatic N) is 2. The summed E-state index contributed by atoms with van der Waals surface area (Å²) in [7, 11) is 1.93. The van der Waals surface area contributed by atoms with Crippen molar-refractivity contribution in [2.75, 3.05) is 20.3 Å². The van der Waals surface area contributed by atoms with Gasteiger partial charge in [-0.3, -0.25) is 4.68 Å². The van der Waals surface area contributed by atoms with E-state index in [2.05, 4.69) is 16.5 Å². The van der Waals surface area contributed by atoms with Gasteiger partial charge in [-0.25, -0.2) is 4.39 Å². The highest BCUT2D eigenvalue weighted by Crippen LogP contribution is 2.26. The predicted molar refractivity (Wildman–Crippen MR) is 69.1 cm³/mol. The van der Waals surface area contributed by atoms with Crippen LogP contribution in [0.25, 0.3) is 10.6 Å². The molecule has 0 aliphatic rings. The molecular weight excluding hydrogens is 237 g/mol. The van der Waals surface area contributed by atoms with E-state index < -0.39 is 0 Å². The van der Waals surface area contributed by atoms with Crippen LogP contribution in [0.4, 0.5) is 4.39 Å². The fourth-order valence-corrected chi connectivity index (χ4v) is 2.47. The molecule has 2 rings (SSSR count). The van der Waals surface area contributed by atoms with Crippen LogP contribution in [0.1, 0.15) is 5.56 Å². The van der Waals surface area contributed by atoms with Crippen molar-refractivity contribution in [1.82, 2.24) is 15.1 Å². The number of hydrogen-bond acceptors (Lipinski definition) is 3. The Labute approximate surface area is 104 Å². The van der Waals surface area contributed by atoms with Crippen molar-refractivity contribution in [1.29, 1.82) is 0 Å². The van der Waals surface area contributed by atoms with Crippen LogP contribution in [0.2, 0.25) is 0 Å². The molecule has 0 saturated carbocycles. The van der Waals surface area contributed by atoms with Gasteiger partial charge in [0.25, 0.3) is 0 Å². The molecule has 0 spiro atoms. The summed E-state index contributed by atoms with van der Waals surface area (Å²) in [5, 5.41) is 9.61. The van der Waals surface area contributed by atoms with Gasteiger partial charge in [0.05, 0.1) is 11.4 Å². The zero-order chi connectivity index (χ0) is 12.1. The van der Waals surface area contributed by atoms with Crippen LogP contribution in [-0.4, -0.2) is 30.0 Å². The maximum atomic E-state index is 12.3. The van der Waals surface area contributed by atoms with E-state index in [9.17, 15) is 4.39 Å². The molecule has 5 heteroatoms. The smallest absolute Gasteiger partial charge is 0.109 e. The van der Waals surface area contributed by atoms with Gasteiger partial charge >= 0.3 is 0 Å². The third kappa shape index (κ3) is 2.92. The molecule has 1 N–H and O–H groups in total. The lowest BCUT2D eigenvalue weighted by Gasteiger charge is -1.98. The second-order valence-corrected chi connectivity index (χ2v) is 4.73. The van der Waals surface area contributed by atoms with Gasteiger partial charge in [-0.15, -0.1) is 11.3 Å². The lowest BCUT2D eigenvalue weighted by molar-refractivity contribution is 0.427. The van der Waals surface area contributed by atoms with Crippen LogP contribution in [0.15, 0.2) is 23.7 Å². The maximum Gasteiger partial charge on any atom is 0.109 e. The normalized spacial score (nSPS) is 10.9. The molecule has 0 aromatic carbocycles. The second-order valence-electron chi connectivity index (χ2n) is 3.79. The Bertz CT molecular complexity index is 450. The summed E-state index contributed by atoms with van der Waals surface area (Å²) in [5.41, 5.74) is 2.17. The lowest BCUT2D eigenvalue weighted by Crippen LogP contribution is -2.10. The Balaban J connectivity index is 2.27. The molecule has 0 amide bonds. The minimum atomic E-state index is -0.378. The van der Waals surface area contributed by atoms with Gasteiger partial charge in [0.1, 0.15) is 12.4 Å². The van der Waals surface area contributed by atoms with Crippen LogP contribution in [0, 0.1) is 0 Å². The average molecular weight is 253 g/mol. The first-order chi connectivity index (χ1) is 8.35. The minimum absolute atomic E-state index is 0.331. The molecule has 0 atom stereocenters. The molecule has 0 fully saturated rings. The molecule has 0 aliphatic carbocycles. The van der Waals surface area contributed by atoms with Gasteiger partial charge in [-0.05, 0) is 31.5 Å². The minimum Gasteiger partial charge on any atom is -0.319 e. The maximum absolute atomic E-state index is 12.3. The van der Waals surface area contributed by atoms with Gasteiger partial charge in [0, 0.05) is 11.8 Å². The predicted octanol–water partition coefficient (Wildman–Crippen LogP) is 2.34. The summed E-state index contributed by atoms with van der Waals surface area (Å²) in [4.78, 5) is 1.15. The average Bonchev–Trinajstić information content (AvgIpc) is 2.95. The number of rotatable bonds is 6. The lowest BCUT2D eigenvalue weighted by atomic mass is 10.1. The van der Waals surface area contributed by atoms with Crippen LogP contribution in [-0.2, 0) is 13.0 Å². The van der Waals surface area contributed by atoms with E-state index in [-0.39, 0.29) is 6.67 Å². The molecule has 0 saturated heterocycles. The van der Waals surface area contributed by atoms with Gasteiger partial charge < -0.3 is 5.32 Å². The van der Waals surface area contributed by atoms with Crippen molar-refractivity contribution in [3.05, 3.63) is 29.3 Å². The number of alkyl halides is 1. The van der Waals surface area contributed by atoms with Gasteiger partial charge in [0.2, 0.25) is 0 Å². The van der Waals surface area contributed by atoms with Crippen molar-refractivity contribution in [3.8, 4) is 10.6 Å². The fourth-order valence-electron chi connectivity index (χ4n) is 1.73. The van der Waals surface area contributed by atoms with Crippen LogP contribution < -0.4 is 5.32 Å². The summed E-state index contributed by atoms with van der Waals surface area (Å²) in [6.07, 6.45) is 2.86. The Hall–Kier alpha value is -1.20.